The maximum atomic E-state index is 12.5. The number of nitrogens with one attached hydrogen (secondary N) is 1. The normalized spacial score (nSPS) is 17.2. The lowest BCUT2D eigenvalue weighted by atomic mass is 9.97. The number of rotatable bonds is 5. The Balaban J connectivity index is 1.37. The average Bonchev–Trinajstić information content (AvgIpc) is 3.38. The highest BCUT2D eigenvalue weighted by Crippen LogP contribution is 2.27. The zero-order valence-electron chi connectivity index (χ0n) is 14.3. The Labute approximate surface area is 155 Å². The van der Waals surface area contributed by atoms with Crippen LogP contribution in [0.25, 0.3) is 5.13 Å². The SMILES string of the molecule is O=C(NCc1cccnc1)[C@H]1CCCN(c2nnc(-n3cccc3)s2)C1. The molecule has 26 heavy (non-hydrogen) atoms. The Morgan fingerprint density at radius 1 is 1.23 bits per heavy atom. The quantitative estimate of drug-likeness (QED) is 0.748. The summed E-state index contributed by atoms with van der Waals surface area (Å²) in [4.78, 5) is 18.8. The molecule has 0 spiro atoms. The molecule has 0 aromatic carbocycles. The maximum Gasteiger partial charge on any atom is 0.225 e. The lowest BCUT2D eigenvalue weighted by Gasteiger charge is -2.31. The van der Waals surface area contributed by atoms with Crippen molar-refractivity contribution in [3.05, 3.63) is 54.6 Å². The number of hydrogen-bond acceptors (Lipinski definition) is 6. The van der Waals surface area contributed by atoms with Crippen LogP contribution in [0.15, 0.2) is 49.1 Å². The van der Waals surface area contributed by atoms with E-state index in [-0.39, 0.29) is 11.8 Å². The van der Waals surface area contributed by atoms with Crippen LogP contribution >= 0.6 is 11.3 Å². The molecule has 0 aliphatic carbocycles. The second-order valence-corrected chi connectivity index (χ2v) is 7.26. The first-order chi connectivity index (χ1) is 12.8. The van der Waals surface area contributed by atoms with Crippen LogP contribution in [-0.4, -0.2) is 38.7 Å². The molecule has 1 aliphatic rings. The molecule has 7 nitrogen and oxygen atoms in total. The summed E-state index contributed by atoms with van der Waals surface area (Å²) in [5.74, 6) is 0.0630. The molecule has 8 heteroatoms. The molecule has 1 N–H and O–H groups in total. The van der Waals surface area contributed by atoms with Gasteiger partial charge in [-0.1, -0.05) is 17.4 Å². The maximum absolute atomic E-state index is 12.5. The van der Waals surface area contributed by atoms with E-state index in [9.17, 15) is 4.79 Å². The minimum absolute atomic E-state index is 0.0284. The second kappa shape index (κ2) is 7.65. The summed E-state index contributed by atoms with van der Waals surface area (Å²) >= 11 is 1.55. The van der Waals surface area contributed by atoms with Crippen LogP contribution < -0.4 is 10.2 Å². The van der Waals surface area contributed by atoms with Crippen LogP contribution in [0.4, 0.5) is 5.13 Å². The van der Waals surface area contributed by atoms with Crippen molar-refractivity contribution in [3.63, 3.8) is 0 Å². The molecule has 4 rings (SSSR count). The second-order valence-electron chi connectivity index (χ2n) is 6.32. The number of amides is 1. The summed E-state index contributed by atoms with van der Waals surface area (Å²) in [5.41, 5.74) is 1.01. The fraction of sp³-hybridized carbons (Fsp3) is 0.333. The standard InChI is InChI=1S/C18H20N6OS/c25-16(20-12-14-5-3-7-19-11-14)15-6-4-10-24(13-15)18-22-21-17(26-18)23-8-1-2-9-23/h1-3,5,7-9,11,15H,4,6,10,12-13H2,(H,20,25)/t15-/m0/s1. The first-order valence-electron chi connectivity index (χ1n) is 8.68. The van der Waals surface area contributed by atoms with E-state index in [1.54, 1.807) is 23.7 Å². The van der Waals surface area contributed by atoms with Crippen LogP contribution in [0.5, 0.6) is 0 Å². The minimum Gasteiger partial charge on any atom is -0.352 e. The topological polar surface area (TPSA) is 75.9 Å². The van der Waals surface area contributed by atoms with E-state index < -0.39 is 0 Å². The number of aromatic nitrogens is 4. The smallest absolute Gasteiger partial charge is 0.225 e. The van der Waals surface area contributed by atoms with Crippen LogP contribution in [0, 0.1) is 5.92 Å². The third-order valence-electron chi connectivity index (χ3n) is 4.48. The van der Waals surface area contributed by atoms with Crippen molar-refractivity contribution < 1.29 is 4.79 Å². The lowest BCUT2D eigenvalue weighted by Crippen LogP contribution is -2.43. The predicted molar refractivity (Wildman–Crippen MR) is 100 cm³/mol. The number of anilines is 1. The van der Waals surface area contributed by atoms with E-state index in [1.165, 1.54) is 0 Å². The van der Waals surface area contributed by atoms with Crippen molar-refractivity contribution in [2.45, 2.75) is 19.4 Å². The Kier molecular flexibility index (Phi) is 4.92. The molecule has 3 aromatic rings. The van der Waals surface area contributed by atoms with Crippen molar-refractivity contribution in [1.29, 1.82) is 0 Å². The Hall–Kier alpha value is -2.74. The highest BCUT2D eigenvalue weighted by molar-refractivity contribution is 7.17. The molecule has 3 aromatic heterocycles. The Morgan fingerprint density at radius 3 is 2.88 bits per heavy atom. The zero-order valence-corrected chi connectivity index (χ0v) is 15.1. The highest BCUT2D eigenvalue weighted by Gasteiger charge is 2.27. The number of pyridine rings is 1. The average molecular weight is 368 g/mol. The van der Waals surface area contributed by atoms with Crippen LogP contribution in [0.1, 0.15) is 18.4 Å². The molecular weight excluding hydrogens is 348 g/mol. The Bertz CT molecular complexity index is 848. The van der Waals surface area contributed by atoms with E-state index >= 15 is 0 Å². The summed E-state index contributed by atoms with van der Waals surface area (Å²) in [6.45, 7) is 2.10. The van der Waals surface area contributed by atoms with Gasteiger partial charge in [0.1, 0.15) is 0 Å². The van der Waals surface area contributed by atoms with Crippen LogP contribution in [-0.2, 0) is 11.3 Å². The predicted octanol–water partition coefficient (Wildman–Crippen LogP) is 2.26. The van der Waals surface area contributed by atoms with E-state index in [1.807, 2.05) is 41.2 Å². The van der Waals surface area contributed by atoms with Crippen molar-refractivity contribution in [2.75, 3.05) is 18.0 Å². The van der Waals surface area contributed by atoms with Crippen LogP contribution in [0.2, 0.25) is 0 Å². The lowest BCUT2D eigenvalue weighted by molar-refractivity contribution is -0.125. The third-order valence-corrected chi connectivity index (χ3v) is 5.48. The minimum atomic E-state index is -0.0284. The molecule has 4 heterocycles. The van der Waals surface area contributed by atoms with Crippen LogP contribution in [0.3, 0.4) is 0 Å². The first kappa shape index (κ1) is 16.7. The van der Waals surface area contributed by atoms with Gasteiger partial charge in [-0.25, -0.2) is 0 Å². The molecule has 1 amide bonds. The molecular formula is C18H20N6OS. The molecule has 1 saturated heterocycles. The molecule has 0 radical (unpaired) electrons. The highest BCUT2D eigenvalue weighted by atomic mass is 32.1. The van der Waals surface area contributed by atoms with E-state index in [4.69, 9.17) is 0 Å². The summed E-state index contributed by atoms with van der Waals surface area (Å²) < 4.78 is 1.95. The molecule has 0 bridgehead atoms. The summed E-state index contributed by atoms with van der Waals surface area (Å²) in [5, 5.41) is 13.3. The van der Waals surface area contributed by atoms with Gasteiger partial charge in [0.05, 0.1) is 5.92 Å². The Morgan fingerprint density at radius 2 is 2.08 bits per heavy atom. The molecule has 1 fully saturated rings. The van der Waals surface area contributed by atoms with Gasteiger partial charge >= 0.3 is 0 Å². The van der Waals surface area contributed by atoms with Gasteiger partial charge in [0.2, 0.25) is 16.2 Å². The van der Waals surface area contributed by atoms with E-state index in [0.29, 0.717) is 13.1 Å². The number of hydrogen-bond donors (Lipinski definition) is 1. The summed E-state index contributed by atoms with van der Waals surface area (Å²) in [6, 6.07) is 7.77. The van der Waals surface area contributed by atoms with Gasteiger partial charge in [-0.3, -0.25) is 14.3 Å². The number of piperidine rings is 1. The van der Waals surface area contributed by atoms with E-state index in [0.717, 1.165) is 35.2 Å². The number of carbonyl (C=O) groups is 1. The monoisotopic (exact) mass is 368 g/mol. The molecule has 134 valence electrons. The number of carbonyl (C=O) groups excluding carboxylic acids is 1. The number of nitrogens with zero attached hydrogens (tertiary/aromatic N) is 5. The molecule has 0 saturated carbocycles. The third kappa shape index (κ3) is 3.75. The molecule has 1 atom stereocenters. The van der Waals surface area contributed by atoms with Crippen molar-refractivity contribution >= 4 is 22.4 Å². The zero-order chi connectivity index (χ0) is 17.8. The van der Waals surface area contributed by atoms with Gasteiger partial charge in [-0.15, -0.1) is 10.2 Å². The van der Waals surface area contributed by atoms with Crippen molar-refractivity contribution in [1.82, 2.24) is 25.1 Å². The largest absolute Gasteiger partial charge is 0.352 e. The van der Waals surface area contributed by atoms with Gasteiger partial charge < -0.3 is 10.2 Å². The summed E-state index contributed by atoms with van der Waals surface area (Å²) in [6.07, 6.45) is 9.29. The van der Waals surface area contributed by atoms with Gasteiger partial charge in [0.25, 0.3) is 0 Å². The van der Waals surface area contributed by atoms with Crippen molar-refractivity contribution in [2.24, 2.45) is 5.92 Å². The fourth-order valence-corrected chi connectivity index (χ4v) is 3.95. The summed E-state index contributed by atoms with van der Waals surface area (Å²) in [7, 11) is 0. The first-order valence-corrected chi connectivity index (χ1v) is 9.49. The fourth-order valence-electron chi connectivity index (χ4n) is 3.10. The molecule has 1 aliphatic heterocycles. The molecule has 0 unspecified atom stereocenters. The van der Waals surface area contributed by atoms with Gasteiger partial charge in [-0.05, 0) is 36.6 Å². The van der Waals surface area contributed by atoms with Gasteiger partial charge in [0.15, 0.2) is 0 Å². The van der Waals surface area contributed by atoms with Gasteiger partial charge in [-0.2, -0.15) is 0 Å². The van der Waals surface area contributed by atoms with Crippen molar-refractivity contribution in [3.8, 4) is 5.13 Å². The van der Waals surface area contributed by atoms with Gasteiger partial charge in [0, 0.05) is 44.4 Å². The van der Waals surface area contributed by atoms with E-state index in [2.05, 4.69) is 25.4 Å².